The van der Waals surface area contributed by atoms with E-state index in [4.69, 9.17) is 0 Å². The molecule has 0 aromatic rings. The number of carboxylic acids is 1. The number of hydrogen-bond donors (Lipinski definition) is 2. The van der Waals surface area contributed by atoms with Gasteiger partial charge in [0.1, 0.15) is 0 Å². The lowest BCUT2D eigenvalue weighted by Crippen LogP contribution is -2.46. The standard InChI is InChI=1S/C13H21NO4S/c15-12(14-9-5-7-19(18)8-6-9)10-3-1-2-4-11(10)13(16)17/h9-11H,1-8H2,(H,14,15)(H,16,17)/t9?,10-,11+,19?/m1/s1. The molecule has 108 valence electrons. The lowest BCUT2D eigenvalue weighted by Gasteiger charge is -2.30. The molecule has 1 saturated carbocycles. The van der Waals surface area contributed by atoms with E-state index in [-0.39, 0.29) is 11.9 Å². The van der Waals surface area contributed by atoms with Gasteiger partial charge in [-0.05, 0) is 25.7 Å². The SMILES string of the molecule is O=C(O)[C@H]1CCCC[C@H]1C(=O)NC1CCS(=O)CC1. The number of amides is 1. The van der Waals surface area contributed by atoms with E-state index in [1.54, 1.807) is 0 Å². The van der Waals surface area contributed by atoms with Crippen molar-refractivity contribution in [2.75, 3.05) is 11.5 Å². The molecule has 19 heavy (non-hydrogen) atoms. The van der Waals surface area contributed by atoms with Crippen LogP contribution < -0.4 is 5.32 Å². The molecule has 1 heterocycles. The minimum atomic E-state index is -0.857. The second kappa shape index (κ2) is 6.50. The third-order valence-corrected chi connectivity index (χ3v) is 5.54. The van der Waals surface area contributed by atoms with Crippen molar-refractivity contribution >= 4 is 22.7 Å². The van der Waals surface area contributed by atoms with Gasteiger partial charge in [0, 0.05) is 28.3 Å². The van der Waals surface area contributed by atoms with Gasteiger partial charge in [-0.15, -0.1) is 0 Å². The van der Waals surface area contributed by atoms with Gasteiger partial charge in [0.05, 0.1) is 11.8 Å². The predicted octanol–water partition coefficient (Wildman–Crippen LogP) is 0.905. The zero-order valence-corrected chi connectivity index (χ0v) is 11.8. The Bertz CT molecular complexity index is 375. The van der Waals surface area contributed by atoms with Crippen LogP contribution in [0.4, 0.5) is 0 Å². The summed E-state index contributed by atoms with van der Waals surface area (Å²) in [6.07, 6.45) is 4.56. The van der Waals surface area contributed by atoms with Gasteiger partial charge >= 0.3 is 5.97 Å². The normalized spacial score (nSPS) is 35.6. The van der Waals surface area contributed by atoms with Crippen molar-refractivity contribution < 1.29 is 18.9 Å². The zero-order valence-electron chi connectivity index (χ0n) is 11.0. The number of carbonyl (C=O) groups excluding carboxylic acids is 1. The molecule has 0 unspecified atom stereocenters. The summed E-state index contributed by atoms with van der Waals surface area (Å²) in [6, 6.07) is 0.0709. The average Bonchev–Trinajstić information content (AvgIpc) is 2.41. The highest BCUT2D eigenvalue weighted by Crippen LogP contribution is 2.30. The minimum absolute atomic E-state index is 0.0709. The smallest absolute Gasteiger partial charge is 0.307 e. The fourth-order valence-corrected chi connectivity index (χ4v) is 4.29. The fourth-order valence-electron chi connectivity index (χ4n) is 2.99. The van der Waals surface area contributed by atoms with Crippen molar-refractivity contribution in [3.8, 4) is 0 Å². The second-order valence-electron chi connectivity index (χ2n) is 5.47. The molecule has 1 amide bonds. The van der Waals surface area contributed by atoms with Crippen molar-refractivity contribution in [1.29, 1.82) is 0 Å². The Morgan fingerprint density at radius 3 is 2.16 bits per heavy atom. The van der Waals surface area contributed by atoms with Crippen LogP contribution in [0.1, 0.15) is 38.5 Å². The van der Waals surface area contributed by atoms with Crippen molar-refractivity contribution in [1.82, 2.24) is 5.32 Å². The van der Waals surface area contributed by atoms with Gasteiger partial charge in [0.2, 0.25) is 5.91 Å². The van der Waals surface area contributed by atoms with Gasteiger partial charge in [-0.1, -0.05) is 12.8 Å². The third kappa shape index (κ3) is 3.78. The van der Waals surface area contributed by atoms with Crippen LogP contribution in [0, 0.1) is 11.8 Å². The fraction of sp³-hybridized carbons (Fsp3) is 0.846. The van der Waals surface area contributed by atoms with Gasteiger partial charge in [-0.3, -0.25) is 13.8 Å². The maximum absolute atomic E-state index is 12.2. The first-order valence-corrected chi connectivity index (χ1v) is 8.45. The van der Waals surface area contributed by atoms with Crippen molar-refractivity contribution in [3.05, 3.63) is 0 Å². The van der Waals surface area contributed by atoms with Crippen LogP contribution in [0.2, 0.25) is 0 Å². The Morgan fingerprint density at radius 1 is 1.00 bits per heavy atom. The molecule has 0 aromatic carbocycles. The first kappa shape index (κ1) is 14.5. The Morgan fingerprint density at radius 2 is 1.58 bits per heavy atom. The van der Waals surface area contributed by atoms with Crippen molar-refractivity contribution in [3.63, 3.8) is 0 Å². The Kier molecular flexibility index (Phi) is 4.96. The number of aliphatic carboxylic acids is 1. The summed E-state index contributed by atoms with van der Waals surface area (Å²) in [7, 11) is -0.740. The van der Waals surface area contributed by atoms with Crippen LogP contribution in [0.5, 0.6) is 0 Å². The molecular weight excluding hydrogens is 266 g/mol. The molecule has 0 spiro atoms. The number of rotatable bonds is 3. The molecule has 6 heteroatoms. The number of carbonyl (C=O) groups is 2. The predicted molar refractivity (Wildman–Crippen MR) is 72.1 cm³/mol. The van der Waals surface area contributed by atoms with E-state index in [1.807, 2.05) is 0 Å². The quantitative estimate of drug-likeness (QED) is 0.808. The summed E-state index contributed by atoms with van der Waals surface area (Å²) >= 11 is 0. The van der Waals surface area contributed by atoms with Crippen LogP contribution >= 0.6 is 0 Å². The molecule has 2 fully saturated rings. The van der Waals surface area contributed by atoms with Crippen LogP contribution in [0.3, 0.4) is 0 Å². The zero-order chi connectivity index (χ0) is 13.8. The van der Waals surface area contributed by atoms with E-state index in [2.05, 4.69) is 5.32 Å². The highest BCUT2D eigenvalue weighted by Gasteiger charge is 2.36. The van der Waals surface area contributed by atoms with Crippen molar-refractivity contribution in [2.45, 2.75) is 44.6 Å². The Hall–Kier alpha value is -0.910. The summed E-state index contributed by atoms with van der Waals surface area (Å²) in [6.45, 7) is 0. The summed E-state index contributed by atoms with van der Waals surface area (Å²) in [5, 5.41) is 12.1. The lowest BCUT2D eigenvalue weighted by atomic mass is 9.78. The summed E-state index contributed by atoms with van der Waals surface area (Å²) in [5.74, 6) is -0.629. The molecule has 2 rings (SSSR count). The van der Waals surface area contributed by atoms with Crippen LogP contribution in [-0.4, -0.2) is 38.7 Å². The minimum Gasteiger partial charge on any atom is -0.481 e. The molecule has 2 N–H and O–H groups in total. The van der Waals surface area contributed by atoms with Gasteiger partial charge in [0.15, 0.2) is 0 Å². The summed E-state index contributed by atoms with van der Waals surface area (Å²) in [5.41, 5.74) is 0. The molecule has 5 nitrogen and oxygen atoms in total. The molecule has 0 radical (unpaired) electrons. The molecule has 1 aliphatic heterocycles. The van der Waals surface area contributed by atoms with Crippen molar-refractivity contribution in [2.24, 2.45) is 11.8 Å². The van der Waals surface area contributed by atoms with E-state index in [0.717, 1.165) is 25.7 Å². The third-order valence-electron chi connectivity index (χ3n) is 4.15. The average molecular weight is 287 g/mol. The van der Waals surface area contributed by atoms with Crippen LogP contribution in [-0.2, 0) is 20.4 Å². The Balaban J connectivity index is 1.90. The molecule has 2 aliphatic rings. The van der Waals surface area contributed by atoms with E-state index in [1.165, 1.54) is 0 Å². The first-order chi connectivity index (χ1) is 9.08. The van der Waals surface area contributed by atoms with Gasteiger partial charge in [-0.25, -0.2) is 0 Å². The van der Waals surface area contributed by atoms with E-state index in [0.29, 0.717) is 24.3 Å². The first-order valence-electron chi connectivity index (χ1n) is 6.96. The lowest BCUT2D eigenvalue weighted by molar-refractivity contribution is -0.149. The highest BCUT2D eigenvalue weighted by atomic mass is 32.2. The van der Waals surface area contributed by atoms with Crippen LogP contribution in [0.15, 0.2) is 0 Å². The van der Waals surface area contributed by atoms with E-state index < -0.39 is 28.6 Å². The second-order valence-corrected chi connectivity index (χ2v) is 7.16. The van der Waals surface area contributed by atoms with Gasteiger partial charge in [0.25, 0.3) is 0 Å². The Labute approximate surface area is 115 Å². The molecule has 1 aliphatic carbocycles. The summed E-state index contributed by atoms with van der Waals surface area (Å²) in [4.78, 5) is 23.4. The molecule has 0 bridgehead atoms. The maximum Gasteiger partial charge on any atom is 0.307 e. The monoisotopic (exact) mass is 287 g/mol. The number of hydrogen-bond acceptors (Lipinski definition) is 3. The van der Waals surface area contributed by atoms with E-state index >= 15 is 0 Å². The van der Waals surface area contributed by atoms with Gasteiger partial charge in [-0.2, -0.15) is 0 Å². The largest absolute Gasteiger partial charge is 0.481 e. The number of carboxylic acid groups (broad SMARTS) is 1. The highest BCUT2D eigenvalue weighted by molar-refractivity contribution is 7.85. The van der Waals surface area contributed by atoms with E-state index in [9.17, 15) is 18.9 Å². The summed E-state index contributed by atoms with van der Waals surface area (Å²) < 4.78 is 11.3. The molecule has 0 aromatic heterocycles. The number of nitrogens with one attached hydrogen (secondary N) is 1. The molecular formula is C13H21NO4S. The maximum atomic E-state index is 12.2. The van der Waals surface area contributed by atoms with Gasteiger partial charge < -0.3 is 10.4 Å². The topological polar surface area (TPSA) is 83.5 Å². The molecule has 2 atom stereocenters. The molecule has 1 saturated heterocycles. The van der Waals surface area contributed by atoms with Crippen LogP contribution in [0.25, 0.3) is 0 Å².